The monoisotopic (exact) mass is 345 g/mol. The number of carbonyl (C=O) groups is 2. The number of carbonyl (C=O) groups excluding carboxylic acids is 2. The van der Waals surface area contributed by atoms with Crippen molar-refractivity contribution >= 4 is 11.9 Å². The van der Waals surface area contributed by atoms with Gasteiger partial charge in [0, 0.05) is 45.8 Å². The van der Waals surface area contributed by atoms with Crippen molar-refractivity contribution in [1.82, 2.24) is 14.7 Å². The van der Waals surface area contributed by atoms with Crippen molar-refractivity contribution in [1.29, 1.82) is 0 Å². The van der Waals surface area contributed by atoms with Crippen molar-refractivity contribution in [3.8, 4) is 0 Å². The summed E-state index contributed by atoms with van der Waals surface area (Å²) in [5.74, 6) is 0.640. The largest absolute Gasteiger partial charge is 0.335 e. The average Bonchev–Trinajstić information content (AvgIpc) is 2.60. The molecule has 0 bridgehead atoms. The number of aryl methyl sites for hydroxylation is 1. The van der Waals surface area contributed by atoms with E-state index < -0.39 is 0 Å². The number of hydrogen-bond donors (Lipinski definition) is 0. The van der Waals surface area contributed by atoms with Crippen LogP contribution in [-0.4, -0.2) is 66.9 Å². The minimum absolute atomic E-state index is 0.0126. The molecule has 3 amide bonds. The SMILES string of the molecule is CCc1ccc(C(=O)N2CCN(C(=O)N(C)C)CC2)cc1CC(C)C. The highest BCUT2D eigenvalue weighted by atomic mass is 16.2. The van der Waals surface area contributed by atoms with E-state index in [1.54, 1.807) is 23.9 Å². The van der Waals surface area contributed by atoms with E-state index >= 15 is 0 Å². The maximum atomic E-state index is 12.9. The van der Waals surface area contributed by atoms with E-state index in [0.29, 0.717) is 32.1 Å². The van der Waals surface area contributed by atoms with Crippen LogP contribution in [0.4, 0.5) is 4.79 Å². The van der Waals surface area contributed by atoms with Crippen molar-refractivity contribution in [2.45, 2.75) is 33.6 Å². The number of piperazine rings is 1. The van der Waals surface area contributed by atoms with Gasteiger partial charge in [-0.2, -0.15) is 0 Å². The van der Waals surface area contributed by atoms with Gasteiger partial charge in [0.05, 0.1) is 0 Å². The Bertz CT molecular complexity index is 617. The molecule has 0 spiro atoms. The number of nitrogens with zero attached hydrogens (tertiary/aromatic N) is 3. The third-order valence-electron chi connectivity index (χ3n) is 4.68. The third kappa shape index (κ3) is 4.74. The molecule has 1 aliphatic rings. The van der Waals surface area contributed by atoms with Crippen LogP contribution in [0.15, 0.2) is 18.2 Å². The summed E-state index contributed by atoms with van der Waals surface area (Å²) < 4.78 is 0. The summed E-state index contributed by atoms with van der Waals surface area (Å²) in [4.78, 5) is 30.1. The highest BCUT2D eigenvalue weighted by Crippen LogP contribution is 2.19. The van der Waals surface area contributed by atoms with Crippen LogP contribution in [0.1, 0.15) is 42.3 Å². The molecule has 0 saturated carbocycles. The molecule has 138 valence electrons. The standard InChI is InChI=1S/C20H31N3O2/c1-6-16-7-8-17(14-18(16)13-15(2)3)19(24)22-9-11-23(12-10-22)20(25)21(4)5/h7-8,14-15H,6,9-13H2,1-5H3. The maximum absolute atomic E-state index is 12.9. The summed E-state index contributed by atoms with van der Waals surface area (Å²) in [6, 6.07) is 6.12. The van der Waals surface area contributed by atoms with Crippen LogP contribution in [0.5, 0.6) is 0 Å². The van der Waals surface area contributed by atoms with E-state index in [-0.39, 0.29) is 11.9 Å². The molecule has 0 unspecified atom stereocenters. The molecule has 1 saturated heterocycles. The molecule has 25 heavy (non-hydrogen) atoms. The molecule has 0 radical (unpaired) electrons. The Hall–Kier alpha value is -2.04. The average molecular weight is 345 g/mol. The van der Waals surface area contributed by atoms with Crippen molar-refractivity contribution in [3.05, 3.63) is 34.9 Å². The van der Waals surface area contributed by atoms with Gasteiger partial charge in [0.1, 0.15) is 0 Å². The minimum atomic E-state index is 0.0126. The molecule has 0 aromatic heterocycles. The lowest BCUT2D eigenvalue weighted by molar-refractivity contribution is 0.0650. The van der Waals surface area contributed by atoms with Gasteiger partial charge in [0.15, 0.2) is 0 Å². The summed E-state index contributed by atoms with van der Waals surface area (Å²) in [6.45, 7) is 8.93. The van der Waals surface area contributed by atoms with Crippen LogP contribution in [0.25, 0.3) is 0 Å². The topological polar surface area (TPSA) is 43.9 Å². The maximum Gasteiger partial charge on any atom is 0.319 e. The summed E-state index contributed by atoms with van der Waals surface area (Å²) in [5.41, 5.74) is 3.37. The molecule has 1 aromatic rings. The van der Waals surface area contributed by atoms with E-state index in [1.165, 1.54) is 11.1 Å². The fourth-order valence-corrected chi connectivity index (χ4v) is 3.30. The Morgan fingerprint density at radius 2 is 1.64 bits per heavy atom. The zero-order valence-electron chi connectivity index (χ0n) is 16.2. The Labute approximate surface area is 151 Å². The van der Waals surface area contributed by atoms with E-state index in [1.807, 2.05) is 11.0 Å². The number of benzene rings is 1. The highest BCUT2D eigenvalue weighted by molar-refractivity contribution is 5.94. The van der Waals surface area contributed by atoms with Crippen LogP contribution in [0, 0.1) is 5.92 Å². The van der Waals surface area contributed by atoms with Crippen LogP contribution in [0.2, 0.25) is 0 Å². The molecule has 2 rings (SSSR count). The quantitative estimate of drug-likeness (QED) is 0.842. The lowest BCUT2D eigenvalue weighted by atomic mass is 9.94. The van der Waals surface area contributed by atoms with Gasteiger partial charge in [0.2, 0.25) is 0 Å². The first-order chi connectivity index (χ1) is 11.8. The second-order valence-electron chi connectivity index (χ2n) is 7.39. The lowest BCUT2D eigenvalue weighted by Crippen LogP contribution is -2.52. The predicted molar refractivity (Wildman–Crippen MR) is 101 cm³/mol. The van der Waals surface area contributed by atoms with Gasteiger partial charge in [-0.25, -0.2) is 4.79 Å². The van der Waals surface area contributed by atoms with Crippen molar-refractivity contribution < 1.29 is 9.59 Å². The number of amides is 3. The minimum Gasteiger partial charge on any atom is -0.335 e. The van der Waals surface area contributed by atoms with Crippen molar-refractivity contribution in [2.75, 3.05) is 40.3 Å². The molecule has 1 fully saturated rings. The Balaban J connectivity index is 2.07. The lowest BCUT2D eigenvalue weighted by Gasteiger charge is -2.36. The van der Waals surface area contributed by atoms with Crippen LogP contribution in [0.3, 0.4) is 0 Å². The third-order valence-corrected chi connectivity index (χ3v) is 4.68. The molecule has 1 aliphatic heterocycles. The van der Waals surface area contributed by atoms with Crippen LogP contribution in [-0.2, 0) is 12.8 Å². The number of rotatable bonds is 4. The predicted octanol–water partition coefficient (Wildman–Crippen LogP) is 2.89. The normalized spacial score (nSPS) is 14.8. The van der Waals surface area contributed by atoms with Gasteiger partial charge in [-0.1, -0.05) is 26.8 Å². The molecule has 0 aliphatic carbocycles. The first-order valence-corrected chi connectivity index (χ1v) is 9.20. The van der Waals surface area contributed by atoms with E-state index in [9.17, 15) is 9.59 Å². The number of urea groups is 1. The smallest absolute Gasteiger partial charge is 0.319 e. The van der Waals surface area contributed by atoms with Crippen LogP contribution >= 0.6 is 0 Å². The fraction of sp³-hybridized carbons (Fsp3) is 0.600. The highest BCUT2D eigenvalue weighted by Gasteiger charge is 2.25. The van der Waals surface area contributed by atoms with Crippen molar-refractivity contribution in [3.63, 3.8) is 0 Å². The molecule has 1 aromatic carbocycles. The zero-order valence-corrected chi connectivity index (χ0v) is 16.2. The van der Waals surface area contributed by atoms with Gasteiger partial charge in [-0.15, -0.1) is 0 Å². The Morgan fingerprint density at radius 1 is 1.04 bits per heavy atom. The van der Waals surface area contributed by atoms with Crippen LogP contribution < -0.4 is 0 Å². The zero-order chi connectivity index (χ0) is 18.6. The molecular weight excluding hydrogens is 314 g/mol. The first-order valence-electron chi connectivity index (χ1n) is 9.20. The molecule has 1 heterocycles. The van der Waals surface area contributed by atoms with Gasteiger partial charge < -0.3 is 14.7 Å². The van der Waals surface area contributed by atoms with Gasteiger partial charge in [-0.05, 0) is 42.0 Å². The van der Waals surface area contributed by atoms with E-state index in [4.69, 9.17) is 0 Å². The molecule has 0 atom stereocenters. The van der Waals surface area contributed by atoms with Gasteiger partial charge >= 0.3 is 6.03 Å². The summed E-state index contributed by atoms with van der Waals surface area (Å²) >= 11 is 0. The summed E-state index contributed by atoms with van der Waals surface area (Å²) in [5, 5.41) is 0. The molecule has 5 nitrogen and oxygen atoms in total. The fourth-order valence-electron chi connectivity index (χ4n) is 3.30. The first kappa shape index (κ1) is 19.3. The second-order valence-corrected chi connectivity index (χ2v) is 7.39. The number of hydrogen-bond acceptors (Lipinski definition) is 2. The van der Waals surface area contributed by atoms with E-state index in [2.05, 4.69) is 32.9 Å². The van der Waals surface area contributed by atoms with Gasteiger partial charge in [-0.3, -0.25) is 4.79 Å². The Kier molecular flexibility index (Phi) is 6.45. The second kappa shape index (κ2) is 8.37. The van der Waals surface area contributed by atoms with Gasteiger partial charge in [0.25, 0.3) is 5.91 Å². The molecule has 0 N–H and O–H groups in total. The molecule has 5 heteroatoms. The molecular formula is C20H31N3O2. The van der Waals surface area contributed by atoms with E-state index in [0.717, 1.165) is 18.4 Å². The summed E-state index contributed by atoms with van der Waals surface area (Å²) in [6.07, 6.45) is 1.98. The van der Waals surface area contributed by atoms with Crippen molar-refractivity contribution in [2.24, 2.45) is 5.92 Å². The Morgan fingerprint density at radius 3 is 2.16 bits per heavy atom. The summed E-state index contributed by atoms with van der Waals surface area (Å²) in [7, 11) is 3.51.